The fraction of sp³-hybridized carbons (Fsp3) is 0.450. The molecule has 0 fully saturated rings. The Morgan fingerprint density at radius 3 is 1.32 bits per heavy atom. The summed E-state index contributed by atoms with van der Waals surface area (Å²) in [5, 5.41) is 12.2. The molecule has 0 aliphatic heterocycles. The van der Waals surface area contributed by atoms with Crippen LogP contribution in [0.1, 0.15) is 104 Å². The van der Waals surface area contributed by atoms with Gasteiger partial charge in [0.2, 0.25) is 0 Å². The third kappa shape index (κ3) is 6.70. The van der Waals surface area contributed by atoms with Gasteiger partial charge in [0.15, 0.2) is 0 Å². The van der Waals surface area contributed by atoms with Crippen LogP contribution in [-0.4, -0.2) is 23.1 Å². The summed E-state index contributed by atoms with van der Waals surface area (Å²) >= 11 is 0. The van der Waals surface area contributed by atoms with Crippen molar-refractivity contribution in [3.63, 3.8) is 0 Å². The van der Waals surface area contributed by atoms with Crippen LogP contribution >= 0.6 is 0 Å². The van der Waals surface area contributed by atoms with Crippen LogP contribution in [0, 0.1) is 21.7 Å². The molecular weight excluding hydrogens is 536 g/mol. The number of hydrogen-bond donors (Lipinski definition) is 2. The Morgan fingerprint density at radius 2 is 0.909 bits per heavy atom. The molecule has 0 amide bonds. The number of nitrogens with zero attached hydrogens (tertiary/aromatic N) is 2. The Morgan fingerprint density at radius 1 is 0.500 bits per heavy atom. The predicted molar refractivity (Wildman–Crippen MR) is 188 cm³/mol. The highest BCUT2D eigenvalue weighted by atomic mass is 14.9. The van der Waals surface area contributed by atoms with Gasteiger partial charge in [-0.05, 0) is 59.7 Å². The summed E-state index contributed by atoms with van der Waals surface area (Å²) in [5.41, 5.74) is 7.01. The molecule has 0 aromatic carbocycles. The molecular formula is C40H50N4. The maximum atomic E-state index is 5.14. The van der Waals surface area contributed by atoms with Crippen molar-refractivity contribution < 1.29 is 0 Å². The lowest BCUT2D eigenvalue weighted by Gasteiger charge is -2.26. The molecule has 2 N–H and O–H groups in total. The molecule has 4 aliphatic rings. The van der Waals surface area contributed by atoms with Gasteiger partial charge in [0.1, 0.15) is 0 Å². The number of allylic oxidation sites excluding steroid dienone is 4. The van der Waals surface area contributed by atoms with Crippen molar-refractivity contribution in [1.82, 2.24) is 20.6 Å². The zero-order chi connectivity index (χ0) is 31.3. The molecule has 2 aromatic heterocycles. The van der Waals surface area contributed by atoms with E-state index in [2.05, 4.69) is 139 Å². The zero-order valence-corrected chi connectivity index (χ0v) is 28.1. The average Bonchev–Trinajstić information content (AvgIpc) is 2.91. The lowest BCUT2D eigenvalue weighted by Crippen LogP contribution is -2.33. The summed E-state index contributed by atoms with van der Waals surface area (Å²) in [6.45, 7) is 19.9. The molecule has 0 saturated heterocycles. The summed E-state index contributed by atoms with van der Waals surface area (Å²) in [7, 11) is 0. The van der Waals surface area contributed by atoms with Crippen LogP contribution in [0.2, 0.25) is 0 Å². The van der Waals surface area contributed by atoms with E-state index < -0.39 is 0 Å². The highest BCUT2D eigenvalue weighted by molar-refractivity contribution is 5.72. The van der Waals surface area contributed by atoms with Gasteiger partial charge in [0.25, 0.3) is 0 Å². The summed E-state index contributed by atoms with van der Waals surface area (Å²) < 4.78 is 0. The average molecular weight is 587 g/mol. The molecule has 230 valence electrons. The molecule has 6 rings (SSSR count). The molecule has 4 heteroatoms. The third-order valence-corrected chi connectivity index (χ3v) is 8.96. The summed E-state index contributed by atoms with van der Waals surface area (Å²) in [6.07, 6.45) is 27.6. The SMILES string of the molecule is CC1(C)C=C(NCCCCCCNC2=CC(C)(C)C=c3cc4c(nc32)=CC(C)(C)C=C4)c2nc3c(cc2=C1)C=CC(C)(C)C=3. The molecule has 2 aromatic rings. The first-order valence-corrected chi connectivity index (χ1v) is 16.5. The van der Waals surface area contributed by atoms with E-state index in [1.807, 2.05) is 0 Å². The van der Waals surface area contributed by atoms with Crippen LogP contribution < -0.4 is 31.8 Å². The quantitative estimate of drug-likeness (QED) is 0.359. The first-order valence-electron chi connectivity index (χ1n) is 16.5. The highest BCUT2D eigenvalue weighted by Gasteiger charge is 2.24. The Labute approximate surface area is 263 Å². The van der Waals surface area contributed by atoms with E-state index in [1.54, 1.807) is 0 Å². The Hall–Kier alpha value is -3.66. The topological polar surface area (TPSA) is 49.8 Å². The molecule has 4 aliphatic carbocycles. The number of aromatic nitrogens is 2. The third-order valence-electron chi connectivity index (χ3n) is 8.96. The summed E-state index contributed by atoms with van der Waals surface area (Å²) in [4.78, 5) is 10.3. The van der Waals surface area contributed by atoms with Crippen LogP contribution in [0.3, 0.4) is 0 Å². The molecule has 4 nitrogen and oxygen atoms in total. The summed E-state index contributed by atoms with van der Waals surface area (Å²) in [6, 6.07) is 4.62. The van der Waals surface area contributed by atoms with E-state index in [0.717, 1.165) is 48.0 Å². The van der Waals surface area contributed by atoms with Gasteiger partial charge >= 0.3 is 0 Å². The fourth-order valence-electron chi connectivity index (χ4n) is 6.76. The van der Waals surface area contributed by atoms with E-state index in [0.29, 0.717) is 0 Å². The molecule has 0 bridgehead atoms. The predicted octanol–water partition coefficient (Wildman–Crippen LogP) is 5.91. The van der Waals surface area contributed by atoms with Crippen molar-refractivity contribution in [1.29, 1.82) is 0 Å². The van der Waals surface area contributed by atoms with Gasteiger partial charge in [0, 0.05) is 45.9 Å². The minimum absolute atomic E-state index is 0.00384. The standard InChI is InChI=1S/C40H50N4/c1-37(2)15-13-27-19-29-21-39(5,6)25-33(35(29)43-31(27)23-37)41-17-11-9-10-12-18-42-34-26-40(7,8)22-30-20-28-14-16-38(3,4)24-32(28)44-36(30)34/h13-16,19-26,41-42H,9-12,17-18H2,1-8H3. The second kappa shape index (κ2) is 11.1. The van der Waals surface area contributed by atoms with Crippen LogP contribution in [0.15, 0.2) is 36.4 Å². The molecule has 0 atom stereocenters. The van der Waals surface area contributed by atoms with Crippen LogP contribution in [0.5, 0.6) is 0 Å². The van der Waals surface area contributed by atoms with Crippen LogP contribution in [-0.2, 0) is 0 Å². The number of pyridine rings is 2. The normalized spacial score (nSPS) is 20.5. The van der Waals surface area contributed by atoms with Gasteiger partial charge in [0.05, 0.1) is 33.5 Å². The van der Waals surface area contributed by atoms with Crippen molar-refractivity contribution in [3.8, 4) is 0 Å². The fourth-order valence-corrected chi connectivity index (χ4v) is 6.76. The van der Waals surface area contributed by atoms with Crippen molar-refractivity contribution in [3.05, 3.63) is 80.1 Å². The lowest BCUT2D eigenvalue weighted by molar-refractivity contribution is 0.608. The second-order valence-electron chi connectivity index (χ2n) is 15.7. The molecule has 44 heavy (non-hydrogen) atoms. The van der Waals surface area contributed by atoms with Crippen LogP contribution in [0.25, 0.3) is 47.9 Å². The van der Waals surface area contributed by atoms with Crippen molar-refractivity contribution in [2.24, 2.45) is 21.7 Å². The Kier molecular flexibility index (Phi) is 7.63. The Balaban J connectivity index is 1.03. The smallest absolute Gasteiger partial charge is 0.0934 e. The minimum Gasteiger partial charge on any atom is -0.384 e. The molecule has 0 radical (unpaired) electrons. The van der Waals surface area contributed by atoms with E-state index >= 15 is 0 Å². The number of hydrogen-bond acceptors (Lipinski definition) is 4. The van der Waals surface area contributed by atoms with Crippen molar-refractivity contribution in [2.45, 2.75) is 81.1 Å². The van der Waals surface area contributed by atoms with Gasteiger partial charge in [-0.3, -0.25) is 0 Å². The number of unbranched alkanes of at least 4 members (excludes halogenated alkanes) is 3. The number of nitrogens with one attached hydrogen (secondary N) is 2. The molecule has 2 heterocycles. The van der Waals surface area contributed by atoms with Crippen LogP contribution in [0.4, 0.5) is 0 Å². The van der Waals surface area contributed by atoms with Gasteiger partial charge in [-0.25, -0.2) is 9.97 Å². The van der Waals surface area contributed by atoms with Gasteiger partial charge in [-0.15, -0.1) is 0 Å². The number of fused-ring (bicyclic) bond motifs is 4. The van der Waals surface area contributed by atoms with Crippen molar-refractivity contribution >= 4 is 47.9 Å². The lowest BCUT2D eigenvalue weighted by atomic mass is 9.84. The maximum Gasteiger partial charge on any atom is 0.0934 e. The first-order chi connectivity index (χ1) is 20.7. The first kappa shape index (κ1) is 30.4. The zero-order valence-electron chi connectivity index (χ0n) is 28.1. The second-order valence-corrected chi connectivity index (χ2v) is 15.7. The number of rotatable bonds is 9. The molecule has 0 unspecified atom stereocenters. The Bertz CT molecular complexity index is 1720. The highest BCUT2D eigenvalue weighted by Crippen LogP contribution is 2.29. The van der Waals surface area contributed by atoms with E-state index in [1.165, 1.54) is 45.8 Å². The van der Waals surface area contributed by atoms with E-state index in [9.17, 15) is 0 Å². The largest absolute Gasteiger partial charge is 0.384 e. The van der Waals surface area contributed by atoms with Crippen molar-refractivity contribution in [2.75, 3.05) is 13.1 Å². The monoisotopic (exact) mass is 586 g/mol. The van der Waals surface area contributed by atoms with Gasteiger partial charge < -0.3 is 10.6 Å². The minimum atomic E-state index is -0.00384. The van der Waals surface area contributed by atoms with E-state index in [4.69, 9.17) is 9.97 Å². The molecule has 0 spiro atoms. The summed E-state index contributed by atoms with van der Waals surface area (Å²) in [5.74, 6) is 0. The van der Waals surface area contributed by atoms with Gasteiger partial charge in [-0.2, -0.15) is 0 Å². The maximum absolute atomic E-state index is 5.14. The molecule has 0 saturated carbocycles. The van der Waals surface area contributed by atoms with E-state index in [-0.39, 0.29) is 21.7 Å². The van der Waals surface area contributed by atoms with Gasteiger partial charge in [-0.1, -0.05) is 105 Å².